The Labute approximate surface area is 181 Å². The normalized spacial score (nSPS) is 14.3. The summed E-state index contributed by atoms with van der Waals surface area (Å²) in [5, 5.41) is 8.47. The lowest BCUT2D eigenvalue weighted by atomic mass is 10.1. The fraction of sp³-hybridized carbons (Fsp3) is 0.208. The second-order valence-electron chi connectivity index (χ2n) is 7.21. The number of hydrogen-bond donors (Lipinski definition) is 2. The predicted molar refractivity (Wildman–Crippen MR) is 120 cm³/mol. The van der Waals surface area contributed by atoms with Crippen molar-refractivity contribution in [1.82, 2.24) is 10.4 Å². The highest BCUT2D eigenvalue weighted by Gasteiger charge is 2.18. The molecule has 7 nitrogen and oxygen atoms in total. The summed E-state index contributed by atoms with van der Waals surface area (Å²) in [6, 6.07) is 14.8. The Morgan fingerprint density at radius 1 is 0.839 bits per heavy atom. The quantitative estimate of drug-likeness (QED) is 0.325. The van der Waals surface area contributed by atoms with Crippen LogP contribution in [0.2, 0.25) is 0 Å². The third-order valence-corrected chi connectivity index (χ3v) is 5.14. The highest BCUT2D eigenvalue weighted by molar-refractivity contribution is 6.07. The maximum absolute atomic E-state index is 12.5. The molecule has 0 aromatic heterocycles. The van der Waals surface area contributed by atoms with E-state index in [-0.39, 0.29) is 11.7 Å². The van der Waals surface area contributed by atoms with Crippen molar-refractivity contribution in [2.24, 2.45) is 0 Å². The molecule has 0 saturated carbocycles. The number of allylic oxidation sites excluding steroid dienone is 1. The van der Waals surface area contributed by atoms with Gasteiger partial charge in [-0.2, -0.15) is 0 Å². The fourth-order valence-electron chi connectivity index (χ4n) is 3.31. The number of hydrogen-bond acceptors (Lipinski definition) is 5. The molecule has 0 unspecified atom stereocenters. The molecule has 2 aromatic rings. The van der Waals surface area contributed by atoms with Gasteiger partial charge >= 0.3 is 0 Å². The summed E-state index contributed by atoms with van der Waals surface area (Å²) >= 11 is 0. The summed E-state index contributed by atoms with van der Waals surface area (Å²) in [5.41, 5.74) is 4.84. The Kier molecular flexibility index (Phi) is 7.35. The largest absolute Gasteiger partial charge is 0.368 e. The number of nitrogens with one attached hydrogen (secondary N) is 1. The predicted octanol–water partition coefficient (Wildman–Crippen LogP) is 2.77. The van der Waals surface area contributed by atoms with Crippen molar-refractivity contribution in [1.29, 1.82) is 0 Å². The molecule has 2 amide bonds. The highest BCUT2D eigenvalue weighted by Crippen LogP contribution is 2.18. The molecule has 31 heavy (non-hydrogen) atoms. The van der Waals surface area contributed by atoms with Gasteiger partial charge in [-0.25, -0.2) is 5.48 Å². The molecule has 2 N–H and O–H groups in total. The second-order valence-corrected chi connectivity index (χ2v) is 7.21. The number of rotatable bonds is 6. The Morgan fingerprint density at radius 2 is 1.39 bits per heavy atom. The molecule has 0 atom stereocenters. The monoisotopic (exact) mass is 419 g/mol. The van der Waals surface area contributed by atoms with E-state index in [4.69, 9.17) is 5.21 Å². The molecule has 3 rings (SSSR count). The average Bonchev–Trinajstić information content (AvgIpc) is 2.81. The summed E-state index contributed by atoms with van der Waals surface area (Å²) in [5.74, 6) is -0.581. The average molecular weight is 419 g/mol. The molecule has 1 saturated heterocycles. The van der Waals surface area contributed by atoms with Gasteiger partial charge in [-0.1, -0.05) is 30.3 Å². The van der Waals surface area contributed by atoms with Gasteiger partial charge in [0.25, 0.3) is 5.91 Å². The molecule has 1 aliphatic rings. The lowest BCUT2D eigenvalue weighted by molar-refractivity contribution is -0.129. The van der Waals surface area contributed by atoms with Crippen LogP contribution in [0.1, 0.15) is 28.4 Å². The molecule has 160 valence electrons. The number of hydroxylamine groups is 1. The van der Waals surface area contributed by atoms with Crippen LogP contribution in [0.5, 0.6) is 0 Å². The molecule has 1 aliphatic heterocycles. The van der Waals surface area contributed by atoms with Crippen LogP contribution in [0.25, 0.3) is 12.2 Å². The zero-order chi connectivity index (χ0) is 22.2. The summed E-state index contributed by atoms with van der Waals surface area (Å²) in [4.78, 5) is 39.0. The molecule has 1 fully saturated rings. The van der Waals surface area contributed by atoms with E-state index in [0.29, 0.717) is 18.7 Å². The van der Waals surface area contributed by atoms with Crippen molar-refractivity contribution in [3.05, 3.63) is 77.4 Å². The van der Waals surface area contributed by atoms with E-state index in [0.717, 1.165) is 29.9 Å². The van der Waals surface area contributed by atoms with E-state index < -0.39 is 5.91 Å². The number of nitrogens with zero attached hydrogens (tertiary/aromatic N) is 2. The van der Waals surface area contributed by atoms with E-state index in [1.165, 1.54) is 17.6 Å². The van der Waals surface area contributed by atoms with Gasteiger partial charge in [0.1, 0.15) is 0 Å². The van der Waals surface area contributed by atoms with Gasteiger partial charge in [0, 0.05) is 50.4 Å². The van der Waals surface area contributed by atoms with Crippen molar-refractivity contribution >= 4 is 35.4 Å². The third-order valence-electron chi connectivity index (χ3n) is 5.14. The van der Waals surface area contributed by atoms with Gasteiger partial charge in [0.2, 0.25) is 5.91 Å². The molecular weight excluding hydrogens is 394 g/mol. The minimum absolute atomic E-state index is 0.0865. The molecule has 0 spiro atoms. The molecule has 0 radical (unpaired) electrons. The zero-order valence-electron chi connectivity index (χ0n) is 17.3. The maximum Gasteiger partial charge on any atom is 0.267 e. The third kappa shape index (κ3) is 6.13. The van der Waals surface area contributed by atoms with E-state index in [2.05, 4.69) is 4.90 Å². The first kappa shape index (κ1) is 22.0. The molecule has 0 aliphatic carbocycles. The van der Waals surface area contributed by atoms with E-state index in [1.807, 2.05) is 53.4 Å². The van der Waals surface area contributed by atoms with Gasteiger partial charge in [-0.05, 0) is 47.5 Å². The van der Waals surface area contributed by atoms with Gasteiger partial charge in [0.15, 0.2) is 5.78 Å². The van der Waals surface area contributed by atoms with Crippen LogP contribution in [0.3, 0.4) is 0 Å². The van der Waals surface area contributed by atoms with E-state index in [9.17, 15) is 14.4 Å². The number of amides is 2. The summed E-state index contributed by atoms with van der Waals surface area (Å²) in [6.07, 6.45) is 6.07. The minimum atomic E-state index is -0.598. The van der Waals surface area contributed by atoms with Crippen molar-refractivity contribution in [3.63, 3.8) is 0 Å². The molecule has 2 aromatic carbocycles. The number of benzene rings is 2. The maximum atomic E-state index is 12.5. The Bertz CT molecular complexity index is 986. The summed E-state index contributed by atoms with van der Waals surface area (Å²) < 4.78 is 0. The first-order valence-electron chi connectivity index (χ1n) is 10.0. The van der Waals surface area contributed by atoms with Crippen molar-refractivity contribution < 1.29 is 19.6 Å². The molecule has 1 heterocycles. The minimum Gasteiger partial charge on any atom is -0.368 e. The number of carbonyl (C=O) groups excluding carboxylic acids is 3. The van der Waals surface area contributed by atoms with Crippen LogP contribution in [0.4, 0.5) is 5.69 Å². The number of piperazine rings is 1. The van der Waals surface area contributed by atoms with Gasteiger partial charge in [-0.3, -0.25) is 19.6 Å². The van der Waals surface area contributed by atoms with Gasteiger partial charge in [-0.15, -0.1) is 0 Å². The van der Waals surface area contributed by atoms with Crippen LogP contribution >= 0.6 is 0 Å². The fourth-order valence-corrected chi connectivity index (χ4v) is 3.31. The molecular formula is C24H25N3O4. The SMILES string of the molecule is CC(=O)N1CCN(c2ccc(C(=O)/C=C/c3ccc(/C=C/C(=O)NO)cc3)cc2)CC1. The van der Waals surface area contributed by atoms with Crippen LogP contribution < -0.4 is 10.4 Å². The molecule has 7 heteroatoms. The van der Waals surface area contributed by atoms with Crippen LogP contribution in [0.15, 0.2) is 60.7 Å². The summed E-state index contributed by atoms with van der Waals surface area (Å²) in [6.45, 7) is 4.57. The number of carbonyl (C=O) groups is 3. The zero-order valence-corrected chi connectivity index (χ0v) is 17.3. The standard InChI is InChI=1S/C24H25N3O4/c1-18(28)26-14-16-27(17-15-26)22-10-8-21(9-11-22)23(29)12-6-19-2-4-20(5-3-19)7-13-24(30)25-31/h2-13,31H,14-17H2,1H3,(H,25,30)/b12-6+,13-7+. The summed E-state index contributed by atoms with van der Waals surface area (Å²) in [7, 11) is 0. The van der Waals surface area contributed by atoms with Crippen molar-refractivity contribution in [3.8, 4) is 0 Å². The first-order chi connectivity index (χ1) is 15.0. The van der Waals surface area contributed by atoms with Crippen LogP contribution in [-0.4, -0.2) is 53.9 Å². The second kappa shape index (κ2) is 10.4. The lowest BCUT2D eigenvalue weighted by Gasteiger charge is -2.35. The van der Waals surface area contributed by atoms with Crippen molar-refractivity contribution in [2.45, 2.75) is 6.92 Å². The first-order valence-corrected chi connectivity index (χ1v) is 10.0. The van der Waals surface area contributed by atoms with E-state index >= 15 is 0 Å². The molecule has 0 bridgehead atoms. The van der Waals surface area contributed by atoms with Gasteiger partial charge < -0.3 is 9.80 Å². The smallest absolute Gasteiger partial charge is 0.267 e. The Morgan fingerprint density at radius 3 is 1.90 bits per heavy atom. The van der Waals surface area contributed by atoms with E-state index in [1.54, 1.807) is 19.1 Å². The van der Waals surface area contributed by atoms with Gasteiger partial charge in [0.05, 0.1) is 0 Å². The van der Waals surface area contributed by atoms with Crippen LogP contribution in [-0.2, 0) is 9.59 Å². The van der Waals surface area contributed by atoms with Crippen molar-refractivity contribution in [2.75, 3.05) is 31.1 Å². The Hall–Kier alpha value is -3.71. The highest BCUT2D eigenvalue weighted by atomic mass is 16.5. The lowest BCUT2D eigenvalue weighted by Crippen LogP contribution is -2.48. The number of ketones is 1. The number of anilines is 1. The topological polar surface area (TPSA) is 90.0 Å². The Balaban J connectivity index is 1.57. The van der Waals surface area contributed by atoms with Crippen LogP contribution in [0, 0.1) is 0 Å².